The van der Waals surface area contributed by atoms with Crippen LogP contribution in [0.5, 0.6) is 0 Å². The van der Waals surface area contributed by atoms with Crippen molar-refractivity contribution in [2.45, 2.75) is 13.1 Å². The molecule has 3 rings (SSSR count). The second-order valence-electron chi connectivity index (χ2n) is 4.90. The fourth-order valence-corrected chi connectivity index (χ4v) is 2.04. The minimum absolute atomic E-state index is 0.190. The average Bonchev–Trinajstić information content (AvgIpc) is 3.12. The molecule has 3 aromatic rings. The summed E-state index contributed by atoms with van der Waals surface area (Å²) < 4.78 is 5.25. The first kappa shape index (κ1) is 14.8. The number of carbonyl (C=O) groups is 1. The summed E-state index contributed by atoms with van der Waals surface area (Å²) in [5.41, 5.74) is 2.05. The number of aromatic nitrogens is 2. The Balaban J connectivity index is 1.58. The van der Waals surface area contributed by atoms with Gasteiger partial charge in [0, 0.05) is 18.6 Å². The van der Waals surface area contributed by atoms with Gasteiger partial charge in [-0.3, -0.25) is 14.8 Å². The lowest BCUT2D eigenvalue weighted by Crippen LogP contribution is -2.23. The molecule has 116 valence electrons. The minimum Gasteiger partial charge on any atom is -0.467 e. The Hall–Kier alpha value is -3.15. The van der Waals surface area contributed by atoms with E-state index in [2.05, 4.69) is 20.6 Å². The number of carbonyl (C=O) groups excluding carboxylic acids is 1. The van der Waals surface area contributed by atoms with E-state index in [0.717, 1.165) is 17.1 Å². The molecule has 0 aliphatic carbocycles. The highest BCUT2D eigenvalue weighted by molar-refractivity contribution is 5.94. The SMILES string of the molecule is O=C(NCc1ccccn1)c1cncc(NCc2ccco2)c1. The monoisotopic (exact) mass is 308 g/mol. The van der Waals surface area contributed by atoms with E-state index in [1.54, 1.807) is 24.7 Å². The lowest BCUT2D eigenvalue weighted by atomic mass is 10.2. The van der Waals surface area contributed by atoms with Crippen LogP contribution in [0.2, 0.25) is 0 Å². The van der Waals surface area contributed by atoms with E-state index >= 15 is 0 Å². The van der Waals surface area contributed by atoms with Gasteiger partial charge >= 0.3 is 0 Å². The van der Waals surface area contributed by atoms with Crippen molar-refractivity contribution in [2.75, 3.05) is 5.32 Å². The summed E-state index contributed by atoms with van der Waals surface area (Å²) in [5, 5.41) is 5.99. The van der Waals surface area contributed by atoms with Crippen LogP contribution in [0.1, 0.15) is 21.8 Å². The van der Waals surface area contributed by atoms with Crippen molar-refractivity contribution in [1.82, 2.24) is 15.3 Å². The predicted octanol–water partition coefficient (Wildman–Crippen LogP) is 2.61. The molecule has 3 heterocycles. The van der Waals surface area contributed by atoms with Crippen molar-refractivity contribution >= 4 is 11.6 Å². The first-order valence-corrected chi connectivity index (χ1v) is 7.21. The maximum atomic E-state index is 12.2. The first-order valence-electron chi connectivity index (χ1n) is 7.21. The van der Waals surface area contributed by atoms with E-state index in [4.69, 9.17) is 4.42 Å². The van der Waals surface area contributed by atoms with Gasteiger partial charge in [0.2, 0.25) is 0 Å². The molecule has 0 saturated carbocycles. The summed E-state index contributed by atoms with van der Waals surface area (Å²) in [7, 11) is 0. The second kappa shape index (κ2) is 7.22. The highest BCUT2D eigenvalue weighted by atomic mass is 16.3. The number of nitrogens with zero attached hydrogens (tertiary/aromatic N) is 2. The molecule has 0 aliphatic heterocycles. The fraction of sp³-hybridized carbons (Fsp3) is 0.118. The van der Waals surface area contributed by atoms with Gasteiger partial charge < -0.3 is 15.1 Å². The Kier molecular flexibility index (Phi) is 4.63. The number of nitrogens with one attached hydrogen (secondary N) is 2. The van der Waals surface area contributed by atoms with Crippen LogP contribution in [-0.2, 0) is 13.1 Å². The van der Waals surface area contributed by atoms with Crippen molar-refractivity contribution in [3.63, 3.8) is 0 Å². The highest BCUT2D eigenvalue weighted by Crippen LogP contribution is 2.11. The summed E-state index contributed by atoms with van der Waals surface area (Å²) in [5.74, 6) is 0.625. The molecular weight excluding hydrogens is 292 g/mol. The van der Waals surface area contributed by atoms with E-state index in [0.29, 0.717) is 18.7 Å². The summed E-state index contributed by atoms with van der Waals surface area (Å²) in [6.45, 7) is 0.914. The summed E-state index contributed by atoms with van der Waals surface area (Å²) >= 11 is 0. The van der Waals surface area contributed by atoms with Gasteiger partial charge in [0.15, 0.2) is 0 Å². The number of anilines is 1. The van der Waals surface area contributed by atoms with Crippen molar-refractivity contribution in [3.05, 3.63) is 78.3 Å². The minimum atomic E-state index is -0.190. The third-order valence-electron chi connectivity index (χ3n) is 3.20. The Morgan fingerprint density at radius 1 is 1.13 bits per heavy atom. The van der Waals surface area contributed by atoms with Crippen LogP contribution in [0.4, 0.5) is 5.69 Å². The zero-order chi connectivity index (χ0) is 15.9. The molecule has 0 saturated heterocycles. The maximum absolute atomic E-state index is 12.2. The second-order valence-corrected chi connectivity index (χ2v) is 4.90. The van der Waals surface area contributed by atoms with Crippen molar-refractivity contribution < 1.29 is 9.21 Å². The smallest absolute Gasteiger partial charge is 0.253 e. The molecule has 3 aromatic heterocycles. The van der Waals surface area contributed by atoms with Gasteiger partial charge in [-0.1, -0.05) is 6.07 Å². The molecule has 0 bridgehead atoms. The molecule has 0 radical (unpaired) electrons. The van der Waals surface area contributed by atoms with Gasteiger partial charge in [0.1, 0.15) is 5.76 Å². The molecule has 2 N–H and O–H groups in total. The number of pyridine rings is 2. The molecule has 6 nitrogen and oxygen atoms in total. The number of hydrogen-bond acceptors (Lipinski definition) is 5. The quantitative estimate of drug-likeness (QED) is 0.731. The summed E-state index contributed by atoms with van der Waals surface area (Å²) in [6.07, 6.45) is 6.52. The van der Waals surface area contributed by atoms with Crippen LogP contribution in [0.25, 0.3) is 0 Å². The number of amides is 1. The van der Waals surface area contributed by atoms with E-state index in [-0.39, 0.29) is 5.91 Å². The highest BCUT2D eigenvalue weighted by Gasteiger charge is 2.07. The zero-order valence-corrected chi connectivity index (χ0v) is 12.4. The third-order valence-corrected chi connectivity index (χ3v) is 3.20. The Morgan fingerprint density at radius 2 is 2.09 bits per heavy atom. The average molecular weight is 308 g/mol. The van der Waals surface area contributed by atoms with E-state index in [9.17, 15) is 4.79 Å². The molecule has 0 aromatic carbocycles. The number of furan rings is 1. The van der Waals surface area contributed by atoms with Gasteiger partial charge in [-0.05, 0) is 30.3 Å². The predicted molar refractivity (Wildman–Crippen MR) is 85.7 cm³/mol. The van der Waals surface area contributed by atoms with Crippen LogP contribution >= 0.6 is 0 Å². The first-order chi connectivity index (χ1) is 11.3. The molecule has 0 aliphatic rings. The fourth-order valence-electron chi connectivity index (χ4n) is 2.04. The molecular formula is C17H16N4O2. The van der Waals surface area contributed by atoms with Crippen LogP contribution in [0, 0.1) is 0 Å². The lowest BCUT2D eigenvalue weighted by Gasteiger charge is -2.07. The molecule has 0 unspecified atom stereocenters. The molecule has 0 atom stereocenters. The lowest BCUT2D eigenvalue weighted by molar-refractivity contribution is 0.0950. The van der Waals surface area contributed by atoms with Gasteiger partial charge in [0.25, 0.3) is 5.91 Å². The molecule has 0 fully saturated rings. The van der Waals surface area contributed by atoms with E-state index in [1.807, 2.05) is 30.3 Å². The Labute approximate surface area is 133 Å². The molecule has 23 heavy (non-hydrogen) atoms. The van der Waals surface area contributed by atoms with Crippen molar-refractivity contribution in [1.29, 1.82) is 0 Å². The van der Waals surface area contributed by atoms with Gasteiger partial charge in [-0.2, -0.15) is 0 Å². The third kappa shape index (κ3) is 4.16. The number of rotatable bonds is 6. The Morgan fingerprint density at radius 3 is 2.87 bits per heavy atom. The zero-order valence-electron chi connectivity index (χ0n) is 12.4. The summed E-state index contributed by atoms with van der Waals surface area (Å²) in [6, 6.07) is 11.0. The normalized spacial score (nSPS) is 10.3. The largest absolute Gasteiger partial charge is 0.467 e. The molecule has 6 heteroatoms. The van der Waals surface area contributed by atoms with Gasteiger partial charge in [-0.15, -0.1) is 0 Å². The van der Waals surface area contributed by atoms with Crippen LogP contribution in [0.3, 0.4) is 0 Å². The van der Waals surface area contributed by atoms with Crippen LogP contribution in [-0.4, -0.2) is 15.9 Å². The molecule has 0 spiro atoms. The molecule has 1 amide bonds. The van der Waals surface area contributed by atoms with Crippen molar-refractivity contribution in [3.8, 4) is 0 Å². The van der Waals surface area contributed by atoms with Gasteiger partial charge in [-0.25, -0.2) is 0 Å². The van der Waals surface area contributed by atoms with E-state index < -0.39 is 0 Å². The van der Waals surface area contributed by atoms with E-state index in [1.165, 1.54) is 6.20 Å². The number of hydrogen-bond donors (Lipinski definition) is 2. The van der Waals surface area contributed by atoms with Crippen LogP contribution in [0.15, 0.2) is 65.7 Å². The van der Waals surface area contributed by atoms with Crippen LogP contribution < -0.4 is 10.6 Å². The van der Waals surface area contributed by atoms with Gasteiger partial charge in [0.05, 0.1) is 36.3 Å². The topological polar surface area (TPSA) is 80.0 Å². The van der Waals surface area contributed by atoms with Crippen molar-refractivity contribution in [2.24, 2.45) is 0 Å². The standard InChI is InChI=1S/C17H16N4O2/c22-17(21-11-14-4-1-2-6-19-14)13-8-15(10-18-9-13)20-12-16-5-3-7-23-16/h1-10,20H,11-12H2,(H,21,22). The maximum Gasteiger partial charge on any atom is 0.253 e. The summed E-state index contributed by atoms with van der Waals surface area (Å²) in [4.78, 5) is 20.4. The Bertz CT molecular complexity index is 757.